The number of nitrogens with zero attached hydrogens (tertiary/aromatic N) is 1. The first kappa shape index (κ1) is 22.9. The molecule has 2 aromatic carbocycles. The maximum absolute atomic E-state index is 13.6. The molecule has 1 N–H and O–H groups in total. The van der Waals surface area contributed by atoms with Crippen LogP contribution < -0.4 is 10.1 Å². The number of benzene rings is 2. The van der Waals surface area contributed by atoms with Gasteiger partial charge in [-0.3, -0.25) is 10.1 Å². The maximum atomic E-state index is 13.6. The number of nitro benzene ring substituents is 1. The standard InChI is InChI=1S/C21H20ClF3N2O4/c1-11-13(5-6-28)14(11)7-12-3-2-4-20(31-21(24)25)15(12)10-26-18-8-16(22)17(23)9-19(18)27(29)30/h2-4,6,8-9,11,13-14,21,26H,5,7,10H2,1H3/t11-,13-,14+/m1/s1. The van der Waals surface area contributed by atoms with Gasteiger partial charge in [0.2, 0.25) is 0 Å². The molecule has 1 saturated carbocycles. The van der Waals surface area contributed by atoms with Crippen LogP contribution in [0.25, 0.3) is 0 Å². The minimum absolute atomic E-state index is 0.0483. The van der Waals surface area contributed by atoms with E-state index in [0.717, 1.165) is 17.9 Å². The molecule has 0 amide bonds. The first-order chi connectivity index (χ1) is 14.7. The summed E-state index contributed by atoms with van der Waals surface area (Å²) in [6.07, 6.45) is 1.85. The molecule has 0 radical (unpaired) electrons. The highest BCUT2D eigenvalue weighted by atomic mass is 35.5. The van der Waals surface area contributed by atoms with Gasteiger partial charge in [0.15, 0.2) is 0 Å². The fourth-order valence-electron chi connectivity index (χ4n) is 3.95. The zero-order valence-electron chi connectivity index (χ0n) is 16.5. The van der Waals surface area contributed by atoms with Crippen molar-refractivity contribution in [3.05, 3.63) is 62.4 Å². The van der Waals surface area contributed by atoms with E-state index in [9.17, 15) is 28.1 Å². The van der Waals surface area contributed by atoms with E-state index < -0.39 is 23.0 Å². The van der Waals surface area contributed by atoms with E-state index in [-0.39, 0.29) is 34.8 Å². The molecule has 0 aliphatic heterocycles. The molecule has 0 bridgehead atoms. The molecule has 0 unspecified atom stereocenters. The highest BCUT2D eigenvalue weighted by Gasteiger charge is 2.45. The molecule has 3 rings (SSSR count). The second-order valence-corrected chi connectivity index (χ2v) is 7.87. The number of carbonyl (C=O) groups is 1. The van der Waals surface area contributed by atoms with Crippen molar-refractivity contribution in [3.8, 4) is 5.75 Å². The van der Waals surface area contributed by atoms with Crippen LogP contribution in [0.4, 0.5) is 24.5 Å². The lowest BCUT2D eigenvalue weighted by Gasteiger charge is -2.17. The van der Waals surface area contributed by atoms with Gasteiger partial charge in [-0.2, -0.15) is 8.78 Å². The number of hydrogen-bond acceptors (Lipinski definition) is 5. The Balaban J connectivity index is 1.89. The Morgan fingerprint density at radius 1 is 1.32 bits per heavy atom. The van der Waals surface area contributed by atoms with Crippen molar-refractivity contribution in [2.24, 2.45) is 17.8 Å². The summed E-state index contributed by atoms with van der Waals surface area (Å²) in [5.41, 5.74) is 0.554. The number of ether oxygens (including phenoxy) is 1. The molecule has 3 atom stereocenters. The zero-order valence-corrected chi connectivity index (χ0v) is 17.2. The molecule has 166 valence electrons. The number of hydrogen-bond donors (Lipinski definition) is 1. The van der Waals surface area contributed by atoms with Gasteiger partial charge in [-0.05, 0) is 41.9 Å². The smallest absolute Gasteiger partial charge is 0.387 e. The van der Waals surface area contributed by atoms with Crippen molar-refractivity contribution in [1.82, 2.24) is 0 Å². The lowest BCUT2D eigenvalue weighted by molar-refractivity contribution is -0.384. The number of halogens is 4. The second kappa shape index (κ2) is 9.55. The van der Waals surface area contributed by atoms with Gasteiger partial charge in [0.25, 0.3) is 5.69 Å². The Kier molecular flexibility index (Phi) is 7.04. The lowest BCUT2D eigenvalue weighted by atomic mass is 9.99. The summed E-state index contributed by atoms with van der Waals surface area (Å²) in [6.45, 7) is -1.10. The Morgan fingerprint density at radius 3 is 2.71 bits per heavy atom. The van der Waals surface area contributed by atoms with Crippen molar-refractivity contribution in [1.29, 1.82) is 0 Å². The van der Waals surface area contributed by atoms with Crippen LogP contribution in [0.15, 0.2) is 30.3 Å². The summed E-state index contributed by atoms with van der Waals surface area (Å²) in [6, 6.07) is 6.52. The summed E-state index contributed by atoms with van der Waals surface area (Å²) >= 11 is 5.75. The Bertz CT molecular complexity index is 989. The molecule has 2 aromatic rings. The van der Waals surface area contributed by atoms with Crippen molar-refractivity contribution >= 4 is 29.3 Å². The van der Waals surface area contributed by atoms with Gasteiger partial charge in [-0.25, -0.2) is 4.39 Å². The monoisotopic (exact) mass is 456 g/mol. The summed E-state index contributed by atoms with van der Waals surface area (Å²) in [5.74, 6) is -0.223. The van der Waals surface area contributed by atoms with Gasteiger partial charge in [0, 0.05) is 18.5 Å². The third-order valence-corrected chi connectivity index (χ3v) is 6.01. The average Bonchev–Trinajstić information content (AvgIpc) is 3.30. The molecule has 31 heavy (non-hydrogen) atoms. The molecule has 1 aliphatic rings. The summed E-state index contributed by atoms with van der Waals surface area (Å²) < 4.78 is 44.2. The summed E-state index contributed by atoms with van der Waals surface area (Å²) in [7, 11) is 0. The van der Waals surface area contributed by atoms with E-state index in [1.807, 2.05) is 6.92 Å². The minimum atomic E-state index is -3.05. The Morgan fingerprint density at radius 2 is 2.06 bits per heavy atom. The van der Waals surface area contributed by atoms with Crippen LogP contribution in [0, 0.1) is 33.7 Å². The number of alkyl halides is 2. The molecular formula is C21H20ClF3N2O4. The van der Waals surface area contributed by atoms with Crippen LogP contribution in [-0.2, 0) is 17.8 Å². The number of nitrogens with one attached hydrogen (secondary N) is 1. The molecular weight excluding hydrogens is 437 g/mol. The number of rotatable bonds is 10. The van der Waals surface area contributed by atoms with E-state index >= 15 is 0 Å². The van der Waals surface area contributed by atoms with Crippen molar-refractivity contribution < 1.29 is 27.6 Å². The van der Waals surface area contributed by atoms with Crippen molar-refractivity contribution in [2.75, 3.05) is 5.32 Å². The van der Waals surface area contributed by atoms with Crippen LogP contribution in [-0.4, -0.2) is 17.8 Å². The predicted octanol–water partition coefficient (Wildman–Crippen LogP) is 5.61. The van der Waals surface area contributed by atoms with Crippen molar-refractivity contribution in [2.45, 2.75) is 32.9 Å². The third-order valence-electron chi connectivity index (χ3n) is 5.72. The highest BCUT2D eigenvalue weighted by Crippen LogP contribution is 2.50. The van der Waals surface area contributed by atoms with Crippen LogP contribution in [0.5, 0.6) is 5.75 Å². The van der Waals surface area contributed by atoms with Gasteiger partial charge >= 0.3 is 6.61 Å². The molecule has 1 aliphatic carbocycles. The highest BCUT2D eigenvalue weighted by molar-refractivity contribution is 6.31. The van der Waals surface area contributed by atoms with Crippen LogP contribution in [0.2, 0.25) is 5.02 Å². The van der Waals surface area contributed by atoms with E-state index in [0.29, 0.717) is 30.4 Å². The first-order valence-corrected chi connectivity index (χ1v) is 9.97. The number of nitro groups is 1. The van der Waals surface area contributed by atoms with Gasteiger partial charge in [0.1, 0.15) is 23.5 Å². The van der Waals surface area contributed by atoms with Gasteiger partial charge in [-0.1, -0.05) is 30.7 Å². The summed E-state index contributed by atoms with van der Waals surface area (Å²) in [5, 5.41) is 13.8. The lowest BCUT2D eigenvalue weighted by Crippen LogP contribution is -2.11. The molecule has 6 nitrogen and oxygen atoms in total. The topological polar surface area (TPSA) is 81.5 Å². The molecule has 10 heteroatoms. The largest absolute Gasteiger partial charge is 0.434 e. The van der Waals surface area contributed by atoms with E-state index in [1.54, 1.807) is 12.1 Å². The SMILES string of the molecule is C[C@@H]1[C@@H](CC=O)[C@H]1Cc1cccc(OC(F)F)c1CNc1cc(Cl)c(F)cc1[N+](=O)[O-]. The first-order valence-electron chi connectivity index (χ1n) is 9.59. The Hall–Kier alpha value is -2.81. The van der Waals surface area contributed by atoms with Crippen LogP contribution in [0.1, 0.15) is 24.5 Å². The molecule has 0 spiro atoms. The molecule has 0 aromatic heterocycles. The maximum Gasteiger partial charge on any atom is 0.387 e. The molecule has 0 heterocycles. The quantitative estimate of drug-likeness (QED) is 0.285. The number of aldehydes is 1. The second-order valence-electron chi connectivity index (χ2n) is 7.46. The minimum Gasteiger partial charge on any atom is -0.434 e. The van der Waals surface area contributed by atoms with E-state index in [1.165, 1.54) is 6.07 Å². The van der Waals surface area contributed by atoms with Gasteiger partial charge in [0.05, 0.1) is 16.0 Å². The van der Waals surface area contributed by atoms with Gasteiger partial charge < -0.3 is 14.8 Å². The molecule has 1 fully saturated rings. The van der Waals surface area contributed by atoms with E-state index in [2.05, 4.69) is 10.1 Å². The third kappa shape index (κ3) is 5.28. The fourth-order valence-corrected chi connectivity index (χ4v) is 4.11. The molecule has 0 saturated heterocycles. The predicted molar refractivity (Wildman–Crippen MR) is 109 cm³/mol. The fraction of sp³-hybridized carbons (Fsp3) is 0.381. The normalized spacial score (nSPS) is 19.9. The van der Waals surface area contributed by atoms with Crippen LogP contribution >= 0.6 is 11.6 Å². The van der Waals surface area contributed by atoms with E-state index in [4.69, 9.17) is 11.6 Å². The zero-order chi connectivity index (χ0) is 22.7. The summed E-state index contributed by atoms with van der Waals surface area (Å²) in [4.78, 5) is 21.3. The van der Waals surface area contributed by atoms with Crippen LogP contribution in [0.3, 0.4) is 0 Å². The van der Waals surface area contributed by atoms with Gasteiger partial charge in [-0.15, -0.1) is 0 Å². The van der Waals surface area contributed by atoms with Crippen molar-refractivity contribution in [3.63, 3.8) is 0 Å². The number of anilines is 1. The average molecular weight is 457 g/mol. The Labute approximate surface area is 181 Å². The number of carbonyl (C=O) groups excluding carboxylic acids is 1.